The van der Waals surface area contributed by atoms with Gasteiger partial charge in [0.1, 0.15) is 0 Å². The Balaban J connectivity index is 1.33. The Hall–Kier alpha value is -2.56. The van der Waals surface area contributed by atoms with Crippen LogP contribution in [0.1, 0.15) is 34.3 Å². The first-order valence-corrected chi connectivity index (χ1v) is 11.1. The van der Waals surface area contributed by atoms with E-state index in [0.29, 0.717) is 6.54 Å². The summed E-state index contributed by atoms with van der Waals surface area (Å²) in [7, 11) is 0. The van der Waals surface area contributed by atoms with E-state index in [1.54, 1.807) is 11.3 Å². The van der Waals surface area contributed by atoms with Gasteiger partial charge in [0, 0.05) is 45.4 Å². The number of halogens is 1. The second kappa shape index (κ2) is 7.69. The lowest BCUT2D eigenvalue weighted by atomic mass is 9.96. The van der Waals surface area contributed by atoms with Crippen molar-refractivity contribution in [2.24, 2.45) is 5.92 Å². The minimum atomic E-state index is 0.0156. The number of hydrogen-bond acceptors (Lipinski definition) is 2. The number of aromatic nitrogens is 1. The van der Waals surface area contributed by atoms with E-state index in [0.717, 1.165) is 22.5 Å². The fourth-order valence-corrected chi connectivity index (χ4v) is 5.30. The van der Waals surface area contributed by atoms with Crippen LogP contribution in [0, 0.1) is 5.92 Å². The van der Waals surface area contributed by atoms with Crippen molar-refractivity contribution < 1.29 is 4.79 Å². The lowest BCUT2D eigenvalue weighted by Gasteiger charge is -2.16. The van der Waals surface area contributed by atoms with E-state index in [1.807, 2.05) is 30.3 Å². The van der Waals surface area contributed by atoms with Gasteiger partial charge in [0.2, 0.25) is 5.91 Å². The molecule has 2 aromatic carbocycles. The summed E-state index contributed by atoms with van der Waals surface area (Å²) in [5.41, 5.74) is 3.43. The second-order valence-electron chi connectivity index (χ2n) is 7.57. The van der Waals surface area contributed by atoms with Crippen molar-refractivity contribution >= 4 is 39.7 Å². The molecule has 2 aromatic heterocycles. The molecule has 2 N–H and O–H groups in total. The highest BCUT2D eigenvalue weighted by atomic mass is 35.5. The standard InChI is InChI=1S/C24H21ClN2OS/c25-21-8-3-1-6-15(21)17-12-18(17)24(28)27-14-20(23-10-5-11-29-23)19-13-26-22-9-4-2-7-16(19)22/h1-11,13,17-18,20,26H,12,14H2,(H,27,28). The zero-order chi connectivity index (χ0) is 19.8. The Bertz CT molecular complexity index is 1150. The Morgan fingerprint density at radius 1 is 1.14 bits per heavy atom. The van der Waals surface area contributed by atoms with Crippen LogP contribution in [0.5, 0.6) is 0 Å². The fourth-order valence-electron chi connectivity index (χ4n) is 4.17. The number of hydrogen-bond donors (Lipinski definition) is 2. The van der Waals surface area contributed by atoms with Crippen molar-refractivity contribution in [1.29, 1.82) is 0 Å². The molecule has 1 saturated carbocycles. The summed E-state index contributed by atoms with van der Waals surface area (Å²) >= 11 is 8.04. The molecule has 0 aliphatic heterocycles. The van der Waals surface area contributed by atoms with Crippen molar-refractivity contribution in [3.8, 4) is 0 Å². The third-order valence-corrected chi connectivity index (χ3v) is 7.13. The quantitative estimate of drug-likeness (QED) is 0.398. The number of nitrogens with one attached hydrogen (secondary N) is 2. The summed E-state index contributed by atoms with van der Waals surface area (Å²) in [5, 5.41) is 7.27. The van der Waals surface area contributed by atoms with Gasteiger partial charge < -0.3 is 10.3 Å². The molecular formula is C24H21ClN2OS. The van der Waals surface area contributed by atoms with Crippen LogP contribution in [0.25, 0.3) is 10.9 Å². The highest BCUT2D eigenvalue weighted by molar-refractivity contribution is 7.10. The molecule has 0 radical (unpaired) electrons. The lowest BCUT2D eigenvalue weighted by molar-refractivity contribution is -0.122. The molecular weight excluding hydrogens is 400 g/mol. The van der Waals surface area contributed by atoms with Crippen LogP contribution in [0.4, 0.5) is 0 Å². The smallest absolute Gasteiger partial charge is 0.223 e. The number of amides is 1. The number of aromatic amines is 1. The van der Waals surface area contributed by atoms with Gasteiger partial charge in [-0.3, -0.25) is 4.79 Å². The van der Waals surface area contributed by atoms with Gasteiger partial charge in [-0.15, -0.1) is 11.3 Å². The van der Waals surface area contributed by atoms with Crippen LogP contribution >= 0.6 is 22.9 Å². The predicted molar refractivity (Wildman–Crippen MR) is 120 cm³/mol. The van der Waals surface area contributed by atoms with Crippen molar-refractivity contribution in [2.45, 2.75) is 18.3 Å². The molecule has 5 rings (SSSR count). The van der Waals surface area contributed by atoms with E-state index < -0.39 is 0 Å². The summed E-state index contributed by atoms with van der Waals surface area (Å²) in [4.78, 5) is 17.5. The number of thiophene rings is 1. The third-order valence-electron chi connectivity index (χ3n) is 5.80. The molecule has 5 heteroatoms. The maximum absolute atomic E-state index is 12.8. The number of benzene rings is 2. The second-order valence-corrected chi connectivity index (χ2v) is 8.96. The lowest BCUT2D eigenvalue weighted by Crippen LogP contribution is -2.30. The van der Waals surface area contributed by atoms with Crippen molar-refractivity contribution in [2.75, 3.05) is 6.54 Å². The largest absolute Gasteiger partial charge is 0.361 e. The molecule has 4 aromatic rings. The van der Waals surface area contributed by atoms with Crippen LogP contribution in [0.2, 0.25) is 5.02 Å². The van der Waals surface area contributed by atoms with E-state index in [-0.39, 0.29) is 23.7 Å². The maximum Gasteiger partial charge on any atom is 0.223 e. The van der Waals surface area contributed by atoms with Crippen LogP contribution < -0.4 is 5.32 Å². The number of rotatable bonds is 6. The van der Waals surface area contributed by atoms with Crippen molar-refractivity contribution in [3.05, 3.63) is 93.3 Å². The SMILES string of the molecule is O=C(NCC(c1cccs1)c1c[nH]c2ccccc12)C1CC1c1ccccc1Cl. The van der Waals surface area contributed by atoms with Crippen LogP contribution in [0.3, 0.4) is 0 Å². The summed E-state index contributed by atoms with van der Waals surface area (Å²) < 4.78 is 0. The van der Waals surface area contributed by atoms with Gasteiger partial charge in [-0.2, -0.15) is 0 Å². The van der Waals surface area contributed by atoms with Crippen molar-refractivity contribution in [3.63, 3.8) is 0 Å². The Kier molecular flexibility index (Phi) is 4.90. The van der Waals surface area contributed by atoms with Gasteiger partial charge in [0.15, 0.2) is 0 Å². The van der Waals surface area contributed by atoms with Crippen LogP contribution in [-0.2, 0) is 4.79 Å². The van der Waals surface area contributed by atoms with Gasteiger partial charge in [0.05, 0.1) is 0 Å². The van der Waals surface area contributed by atoms with E-state index in [4.69, 9.17) is 11.6 Å². The third kappa shape index (κ3) is 3.59. The minimum absolute atomic E-state index is 0.0156. The Labute approximate surface area is 178 Å². The van der Waals surface area contributed by atoms with E-state index in [9.17, 15) is 4.79 Å². The van der Waals surface area contributed by atoms with E-state index >= 15 is 0 Å². The zero-order valence-corrected chi connectivity index (χ0v) is 17.3. The van der Waals surface area contributed by atoms with Gasteiger partial charge in [-0.05, 0) is 47.0 Å². The number of carbonyl (C=O) groups excluding carboxylic acids is 1. The molecule has 0 saturated heterocycles. The molecule has 1 amide bonds. The summed E-state index contributed by atoms with van der Waals surface area (Å²) in [6.45, 7) is 0.590. The monoisotopic (exact) mass is 420 g/mol. The minimum Gasteiger partial charge on any atom is -0.361 e. The Morgan fingerprint density at radius 2 is 1.97 bits per heavy atom. The van der Waals surface area contributed by atoms with E-state index in [1.165, 1.54) is 15.8 Å². The molecule has 1 fully saturated rings. The number of para-hydroxylation sites is 1. The molecule has 2 heterocycles. The normalized spacial score (nSPS) is 19.2. The van der Waals surface area contributed by atoms with Gasteiger partial charge in [0.25, 0.3) is 0 Å². The highest BCUT2D eigenvalue weighted by Gasteiger charge is 2.44. The molecule has 3 unspecified atom stereocenters. The zero-order valence-electron chi connectivity index (χ0n) is 15.8. The number of H-pyrrole nitrogens is 1. The first-order valence-electron chi connectivity index (χ1n) is 9.84. The van der Waals surface area contributed by atoms with Crippen LogP contribution in [-0.4, -0.2) is 17.4 Å². The molecule has 1 aliphatic rings. The topological polar surface area (TPSA) is 44.9 Å². The molecule has 1 aliphatic carbocycles. The van der Waals surface area contributed by atoms with Gasteiger partial charge in [-0.25, -0.2) is 0 Å². The van der Waals surface area contributed by atoms with Crippen molar-refractivity contribution in [1.82, 2.24) is 10.3 Å². The van der Waals surface area contributed by atoms with E-state index in [2.05, 4.69) is 52.2 Å². The molecule has 0 bridgehead atoms. The predicted octanol–water partition coefficient (Wildman–Crippen LogP) is 5.93. The summed E-state index contributed by atoms with van der Waals surface area (Å²) in [6.07, 6.45) is 2.94. The van der Waals surface area contributed by atoms with Gasteiger partial charge >= 0.3 is 0 Å². The molecule has 3 nitrogen and oxygen atoms in total. The maximum atomic E-state index is 12.8. The Morgan fingerprint density at radius 3 is 2.79 bits per heavy atom. The number of fused-ring (bicyclic) bond motifs is 1. The molecule has 29 heavy (non-hydrogen) atoms. The van der Waals surface area contributed by atoms with Crippen LogP contribution in [0.15, 0.2) is 72.2 Å². The fraction of sp³-hybridized carbons (Fsp3) is 0.208. The first kappa shape index (κ1) is 18.5. The molecule has 0 spiro atoms. The molecule has 146 valence electrons. The average molecular weight is 421 g/mol. The average Bonchev–Trinajstić information content (AvgIpc) is 3.14. The first-order chi connectivity index (χ1) is 14.2. The number of carbonyl (C=O) groups is 1. The van der Waals surface area contributed by atoms with Gasteiger partial charge in [-0.1, -0.05) is 54.1 Å². The summed E-state index contributed by atoms with van der Waals surface area (Å²) in [5.74, 6) is 0.503. The summed E-state index contributed by atoms with van der Waals surface area (Å²) in [6, 6.07) is 20.4. The molecule has 3 atom stereocenters. The highest BCUT2D eigenvalue weighted by Crippen LogP contribution is 2.49.